The Hall–Kier alpha value is -2.34. The first kappa shape index (κ1) is 14.6. The molecule has 3 rings (SSSR count). The number of aryl methyl sites for hydroxylation is 1. The minimum atomic E-state index is -0.325. The van der Waals surface area contributed by atoms with E-state index in [9.17, 15) is 4.79 Å². The van der Waals surface area contributed by atoms with Crippen molar-refractivity contribution in [3.8, 4) is 0 Å². The molecule has 3 aromatic rings. The quantitative estimate of drug-likeness (QED) is 0.745. The Balaban J connectivity index is 1.68. The Bertz CT molecular complexity index is 783. The van der Waals surface area contributed by atoms with E-state index in [0.717, 1.165) is 11.3 Å². The zero-order valence-corrected chi connectivity index (χ0v) is 13.1. The number of amides is 1. The average Bonchev–Trinajstić information content (AvgIpc) is 2.89. The van der Waals surface area contributed by atoms with Crippen LogP contribution in [0.5, 0.6) is 0 Å². The Labute approximate surface area is 132 Å². The summed E-state index contributed by atoms with van der Waals surface area (Å²) in [5.74, 6) is -0.0918. The summed E-state index contributed by atoms with van der Waals surface area (Å²) in [5, 5.41) is 3.01. The van der Waals surface area contributed by atoms with Gasteiger partial charge in [-0.15, -0.1) is 0 Å². The first-order chi connectivity index (χ1) is 10.6. The van der Waals surface area contributed by atoms with Gasteiger partial charge >= 0.3 is 0 Å². The van der Waals surface area contributed by atoms with E-state index in [-0.39, 0.29) is 11.2 Å². The van der Waals surface area contributed by atoms with Crippen molar-refractivity contribution in [1.82, 2.24) is 9.97 Å². The van der Waals surface area contributed by atoms with Crippen molar-refractivity contribution in [2.24, 2.45) is 0 Å². The van der Waals surface area contributed by atoms with Gasteiger partial charge in [-0.05, 0) is 43.7 Å². The van der Waals surface area contributed by atoms with E-state index in [2.05, 4.69) is 15.3 Å². The second kappa shape index (κ2) is 6.19. The van der Waals surface area contributed by atoms with Gasteiger partial charge in [0.05, 0.1) is 5.25 Å². The predicted octanol–water partition coefficient (Wildman–Crippen LogP) is 3.65. The van der Waals surface area contributed by atoms with Crippen LogP contribution in [0.4, 0.5) is 5.69 Å². The first-order valence-corrected chi connectivity index (χ1v) is 7.75. The number of oxazole rings is 1. The van der Waals surface area contributed by atoms with Crippen molar-refractivity contribution in [1.29, 1.82) is 0 Å². The molecule has 1 atom stereocenters. The van der Waals surface area contributed by atoms with Gasteiger partial charge in [-0.1, -0.05) is 23.9 Å². The molecule has 1 unspecified atom stereocenters. The number of carbonyl (C=O) groups is 1. The van der Waals surface area contributed by atoms with Gasteiger partial charge in [0.25, 0.3) is 5.22 Å². The van der Waals surface area contributed by atoms with E-state index in [4.69, 9.17) is 4.42 Å². The van der Waals surface area contributed by atoms with Crippen LogP contribution in [0.3, 0.4) is 0 Å². The molecule has 5 nitrogen and oxygen atoms in total. The molecular weight excluding hydrogens is 298 g/mol. The fraction of sp³-hybridized carbons (Fsp3) is 0.188. The number of carbonyl (C=O) groups excluding carboxylic acids is 1. The van der Waals surface area contributed by atoms with Gasteiger partial charge in [-0.2, -0.15) is 4.98 Å². The number of hydrogen-bond donors (Lipinski definition) is 1. The minimum Gasteiger partial charge on any atom is -0.430 e. The Morgan fingerprint density at radius 3 is 2.95 bits per heavy atom. The number of aromatic nitrogens is 2. The van der Waals surface area contributed by atoms with Crippen LogP contribution in [0.1, 0.15) is 12.5 Å². The van der Waals surface area contributed by atoms with Gasteiger partial charge in [-0.25, -0.2) is 4.98 Å². The van der Waals surface area contributed by atoms with E-state index in [0.29, 0.717) is 16.5 Å². The molecule has 0 saturated heterocycles. The largest absolute Gasteiger partial charge is 0.430 e. The van der Waals surface area contributed by atoms with Gasteiger partial charge < -0.3 is 9.73 Å². The fourth-order valence-electron chi connectivity index (χ4n) is 1.97. The third-order valence-corrected chi connectivity index (χ3v) is 4.02. The number of rotatable bonds is 4. The van der Waals surface area contributed by atoms with Crippen LogP contribution in [-0.2, 0) is 4.79 Å². The summed E-state index contributed by atoms with van der Waals surface area (Å²) in [6.45, 7) is 3.80. The molecular formula is C16H15N3O2S. The second-order valence-corrected chi connectivity index (χ2v) is 6.22. The topological polar surface area (TPSA) is 68.0 Å². The number of nitrogens with one attached hydrogen (secondary N) is 1. The molecule has 0 bridgehead atoms. The Kier molecular flexibility index (Phi) is 4.11. The molecule has 1 amide bonds. The summed E-state index contributed by atoms with van der Waals surface area (Å²) in [5.41, 5.74) is 3.06. The molecule has 2 aromatic heterocycles. The molecule has 6 heteroatoms. The molecule has 0 aliphatic rings. The number of benzene rings is 1. The zero-order chi connectivity index (χ0) is 15.5. The van der Waals surface area contributed by atoms with Crippen molar-refractivity contribution in [3.05, 3.63) is 48.2 Å². The number of fused-ring (bicyclic) bond motifs is 1. The molecule has 0 saturated carbocycles. The van der Waals surface area contributed by atoms with Gasteiger partial charge in [0.15, 0.2) is 11.2 Å². The molecule has 0 aliphatic heterocycles. The number of hydrogen-bond acceptors (Lipinski definition) is 5. The normalized spacial score (nSPS) is 12.3. The van der Waals surface area contributed by atoms with E-state index >= 15 is 0 Å². The highest BCUT2D eigenvalue weighted by atomic mass is 32.2. The lowest BCUT2D eigenvalue weighted by Gasteiger charge is -2.10. The third kappa shape index (κ3) is 3.28. The predicted molar refractivity (Wildman–Crippen MR) is 86.9 cm³/mol. The molecule has 0 radical (unpaired) electrons. The van der Waals surface area contributed by atoms with Crippen molar-refractivity contribution in [2.45, 2.75) is 24.3 Å². The molecule has 22 heavy (non-hydrogen) atoms. The van der Waals surface area contributed by atoms with Crippen molar-refractivity contribution in [2.75, 3.05) is 5.32 Å². The maximum absolute atomic E-state index is 12.2. The number of anilines is 1. The first-order valence-electron chi connectivity index (χ1n) is 6.87. The highest BCUT2D eigenvalue weighted by Gasteiger charge is 2.18. The molecule has 0 aliphatic carbocycles. The summed E-state index contributed by atoms with van der Waals surface area (Å²) in [7, 11) is 0. The maximum atomic E-state index is 12.2. The van der Waals surface area contributed by atoms with Crippen LogP contribution in [-0.4, -0.2) is 21.1 Å². The summed E-state index contributed by atoms with van der Waals surface area (Å²) in [6.07, 6.45) is 1.66. The highest BCUT2D eigenvalue weighted by molar-refractivity contribution is 8.00. The lowest BCUT2D eigenvalue weighted by molar-refractivity contribution is -0.115. The van der Waals surface area contributed by atoms with Crippen LogP contribution in [0.25, 0.3) is 11.2 Å². The van der Waals surface area contributed by atoms with Crippen LogP contribution in [0, 0.1) is 6.92 Å². The second-order valence-electron chi connectivity index (χ2n) is 4.92. The van der Waals surface area contributed by atoms with E-state index < -0.39 is 0 Å². The third-order valence-electron chi connectivity index (χ3n) is 3.08. The van der Waals surface area contributed by atoms with Crippen molar-refractivity contribution in [3.63, 3.8) is 0 Å². The molecule has 1 N–H and O–H groups in total. The van der Waals surface area contributed by atoms with Gasteiger partial charge in [0.1, 0.15) is 0 Å². The Morgan fingerprint density at radius 1 is 1.32 bits per heavy atom. The summed E-state index contributed by atoms with van der Waals surface area (Å²) in [6, 6.07) is 11.3. The fourth-order valence-corrected chi connectivity index (χ4v) is 2.72. The van der Waals surface area contributed by atoms with Gasteiger partial charge in [0.2, 0.25) is 5.91 Å². The van der Waals surface area contributed by atoms with E-state index in [1.807, 2.05) is 38.1 Å². The average molecular weight is 313 g/mol. The monoisotopic (exact) mass is 313 g/mol. The Morgan fingerprint density at radius 2 is 2.18 bits per heavy atom. The van der Waals surface area contributed by atoms with Crippen LogP contribution >= 0.6 is 11.8 Å². The smallest absolute Gasteiger partial charge is 0.259 e. The van der Waals surface area contributed by atoms with E-state index in [1.54, 1.807) is 18.3 Å². The molecule has 0 fully saturated rings. The maximum Gasteiger partial charge on any atom is 0.259 e. The zero-order valence-electron chi connectivity index (χ0n) is 12.2. The minimum absolute atomic E-state index is 0.0918. The molecule has 0 spiro atoms. The van der Waals surface area contributed by atoms with Crippen molar-refractivity contribution < 1.29 is 9.21 Å². The number of thioether (sulfide) groups is 1. The van der Waals surface area contributed by atoms with Crippen LogP contribution < -0.4 is 5.32 Å². The van der Waals surface area contributed by atoms with Crippen LogP contribution in [0.2, 0.25) is 0 Å². The SMILES string of the molecule is Cc1cccc(NC(=O)C(C)Sc2nc3ncccc3o2)c1. The van der Waals surface area contributed by atoms with Crippen LogP contribution in [0.15, 0.2) is 52.2 Å². The lowest BCUT2D eigenvalue weighted by atomic mass is 10.2. The van der Waals surface area contributed by atoms with Crippen molar-refractivity contribution >= 4 is 34.6 Å². The summed E-state index contributed by atoms with van der Waals surface area (Å²) in [4.78, 5) is 20.6. The molecule has 1 aromatic carbocycles. The highest BCUT2D eigenvalue weighted by Crippen LogP contribution is 2.26. The van der Waals surface area contributed by atoms with E-state index in [1.165, 1.54) is 11.8 Å². The summed E-state index contributed by atoms with van der Waals surface area (Å²) < 4.78 is 5.57. The standard InChI is InChI=1S/C16H15N3O2S/c1-10-5-3-6-12(9-10)18-15(20)11(2)22-16-19-14-13(21-16)7-4-8-17-14/h3-9,11H,1-2H3,(H,18,20). The molecule has 2 heterocycles. The lowest BCUT2D eigenvalue weighted by Crippen LogP contribution is -2.22. The number of pyridine rings is 1. The van der Waals surface area contributed by atoms with Gasteiger partial charge in [0, 0.05) is 11.9 Å². The molecule has 112 valence electrons. The van der Waals surface area contributed by atoms with Gasteiger partial charge in [-0.3, -0.25) is 4.79 Å². The summed E-state index contributed by atoms with van der Waals surface area (Å²) >= 11 is 1.27. The number of nitrogens with zero attached hydrogens (tertiary/aromatic N) is 2.